The first-order chi connectivity index (χ1) is 13.2. The molecule has 138 valence electrons. The van der Waals surface area contributed by atoms with Gasteiger partial charge in [-0.05, 0) is 36.1 Å². The number of benzene rings is 1. The highest BCUT2D eigenvalue weighted by atomic mass is 32.1. The number of carbonyl (C=O) groups excluding carboxylic acids is 1. The van der Waals surface area contributed by atoms with Gasteiger partial charge in [-0.15, -0.1) is 11.3 Å². The second-order valence-electron chi connectivity index (χ2n) is 6.18. The highest BCUT2D eigenvalue weighted by Gasteiger charge is 2.21. The highest BCUT2D eigenvalue weighted by molar-refractivity contribution is 7.09. The molecule has 3 heterocycles. The maximum Gasteiger partial charge on any atom is 0.289 e. The first-order valence-electron chi connectivity index (χ1n) is 8.64. The van der Waals surface area contributed by atoms with Gasteiger partial charge in [-0.2, -0.15) is 0 Å². The van der Waals surface area contributed by atoms with Crippen LogP contribution in [-0.2, 0) is 13.0 Å². The molecule has 1 aromatic carbocycles. The number of fused-ring (bicyclic) bond motifs is 1. The Bertz CT molecular complexity index is 1020. The van der Waals surface area contributed by atoms with Gasteiger partial charge >= 0.3 is 0 Å². The molecule has 0 bridgehead atoms. The molecule has 0 aliphatic carbocycles. The first kappa shape index (κ1) is 17.4. The summed E-state index contributed by atoms with van der Waals surface area (Å²) in [6, 6.07) is 13.3. The van der Waals surface area contributed by atoms with Crippen LogP contribution < -0.4 is 4.74 Å². The largest absolute Gasteiger partial charge is 0.493 e. The third kappa shape index (κ3) is 3.75. The molecule has 0 spiro atoms. The molecule has 6 heteroatoms. The number of methoxy groups -OCH3 is 1. The van der Waals surface area contributed by atoms with E-state index in [1.54, 1.807) is 41.9 Å². The van der Waals surface area contributed by atoms with Crippen molar-refractivity contribution < 1.29 is 18.4 Å². The summed E-state index contributed by atoms with van der Waals surface area (Å²) in [4.78, 5) is 16.2. The number of para-hydroxylation sites is 1. The Morgan fingerprint density at radius 2 is 2.15 bits per heavy atom. The van der Waals surface area contributed by atoms with Crippen molar-refractivity contribution in [1.29, 1.82) is 0 Å². The fraction of sp³-hybridized carbons (Fsp3) is 0.190. The summed E-state index contributed by atoms with van der Waals surface area (Å²) in [5, 5.41) is 2.89. The van der Waals surface area contributed by atoms with Gasteiger partial charge in [0.25, 0.3) is 5.91 Å². The molecule has 0 aliphatic rings. The summed E-state index contributed by atoms with van der Waals surface area (Å²) >= 11 is 1.69. The Labute approximate surface area is 160 Å². The van der Waals surface area contributed by atoms with Crippen molar-refractivity contribution in [2.75, 3.05) is 13.7 Å². The van der Waals surface area contributed by atoms with Gasteiger partial charge in [-0.1, -0.05) is 18.2 Å². The molecule has 0 saturated carbocycles. The van der Waals surface area contributed by atoms with Gasteiger partial charge in [0.1, 0.15) is 0 Å². The van der Waals surface area contributed by atoms with Crippen molar-refractivity contribution in [1.82, 2.24) is 4.90 Å². The summed E-state index contributed by atoms with van der Waals surface area (Å²) in [7, 11) is 1.59. The number of nitrogens with zero attached hydrogens (tertiary/aromatic N) is 1. The molecule has 0 saturated heterocycles. The van der Waals surface area contributed by atoms with E-state index in [1.165, 1.54) is 4.88 Å². The Balaban J connectivity index is 1.60. The van der Waals surface area contributed by atoms with Crippen LogP contribution in [0.3, 0.4) is 0 Å². The Kier molecular flexibility index (Phi) is 4.98. The summed E-state index contributed by atoms with van der Waals surface area (Å²) in [5.74, 6) is 0.779. The third-order valence-electron chi connectivity index (χ3n) is 4.39. The fourth-order valence-electron chi connectivity index (χ4n) is 3.01. The number of amides is 1. The Morgan fingerprint density at radius 3 is 2.89 bits per heavy atom. The average molecular weight is 381 g/mol. The van der Waals surface area contributed by atoms with E-state index in [4.69, 9.17) is 13.6 Å². The lowest BCUT2D eigenvalue weighted by Gasteiger charge is -2.20. The van der Waals surface area contributed by atoms with E-state index < -0.39 is 0 Å². The minimum absolute atomic E-state index is 0.147. The minimum atomic E-state index is -0.147. The van der Waals surface area contributed by atoms with Crippen LogP contribution in [0.4, 0.5) is 0 Å². The lowest BCUT2D eigenvalue weighted by molar-refractivity contribution is 0.0715. The lowest BCUT2D eigenvalue weighted by Crippen LogP contribution is -2.32. The van der Waals surface area contributed by atoms with Crippen LogP contribution in [-0.4, -0.2) is 24.5 Å². The van der Waals surface area contributed by atoms with Gasteiger partial charge < -0.3 is 18.5 Å². The zero-order valence-corrected chi connectivity index (χ0v) is 15.7. The molecule has 0 fully saturated rings. The monoisotopic (exact) mass is 381 g/mol. The van der Waals surface area contributed by atoms with Crippen molar-refractivity contribution >= 4 is 28.2 Å². The highest BCUT2D eigenvalue weighted by Crippen LogP contribution is 2.29. The SMILES string of the molecule is COc1cccc2cc(C(=O)N(CCc3cccs3)Cc3ccoc3)oc12. The van der Waals surface area contributed by atoms with Gasteiger partial charge in [0.05, 0.1) is 19.6 Å². The number of ether oxygens (including phenoxy) is 1. The van der Waals surface area contributed by atoms with Crippen LogP contribution in [0.1, 0.15) is 21.0 Å². The molecule has 4 aromatic rings. The number of rotatable bonds is 7. The molecule has 0 unspecified atom stereocenters. The fourth-order valence-corrected chi connectivity index (χ4v) is 3.71. The van der Waals surface area contributed by atoms with E-state index >= 15 is 0 Å². The second kappa shape index (κ2) is 7.72. The van der Waals surface area contributed by atoms with Gasteiger partial charge in [0.2, 0.25) is 0 Å². The number of hydrogen-bond donors (Lipinski definition) is 0. The number of hydrogen-bond acceptors (Lipinski definition) is 5. The zero-order valence-electron chi connectivity index (χ0n) is 14.9. The molecule has 0 radical (unpaired) electrons. The summed E-state index contributed by atoms with van der Waals surface area (Å²) in [5.41, 5.74) is 1.54. The number of thiophene rings is 1. The van der Waals surface area contributed by atoms with E-state index in [0.29, 0.717) is 30.2 Å². The molecular weight excluding hydrogens is 362 g/mol. The topological polar surface area (TPSA) is 55.8 Å². The molecule has 27 heavy (non-hydrogen) atoms. The summed E-state index contributed by atoms with van der Waals surface area (Å²) in [6.45, 7) is 1.06. The van der Waals surface area contributed by atoms with Crippen LogP contribution in [0.5, 0.6) is 5.75 Å². The second-order valence-corrected chi connectivity index (χ2v) is 7.21. The van der Waals surface area contributed by atoms with E-state index in [2.05, 4.69) is 6.07 Å². The van der Waals surface area contributed by atoms with Crippen LogP contribution in [0.15, 0.2) is 69.2 Å². The maximum atomic E-state index is 13.2. The average Bonchev–Trinajstić information content (AvgIpc) is 3.45. The maximum absolute atomic E-state index is 13.2. The molecular formula is C21H19NO4S. The Morgan fingerprint density at radius 1 is 1.22 bits per heavy atom. The van der Waals surface area contributed by atoms with E-state index in [9.17, 15) is 4.79 Å². The lowest BCUT2D eigenvalue weighted by atomic mass is 10.2. The number of furan rings is 2. The predicted molar refractivity (Wildman–Crippen MR) is 104 cm³/mol. The standard InChI is InChI=1S/C21H19NO4S/c1-24-18-6-2-4-16-12-19(26-20(16)18)21(23)22(13-15-8-10-25-14-15)9-7-17-5-3-11-27-17/h2-6,8,10-12,14H,7,9,13H2,1H3. The quantitative estimate of drug-likeness (QED) is 0.453. The normalized spacial score (nSPS) is 11.0. The van der Waals surface area contributed by atoms with Gasteiger partial charge in [-0.3, -0.25) is 4.79 Å². The van der Waals surface area contributed by atoms with Crippen molar-refractivity contribution in [2.24, 2.45) is 0 Å². The summed E-state index contributed by atoms with van der Waals surface area (Å²) < 4.78 is 16.3. The van der Waals surface area contributed by atoms with Crippen molar-refractivity contribution in [2.45, 2.75) is 13.0 Å². The van der Waals surface area contributed by atoms with Crippen molar-refractivity contribution in [3.05, 3.63) is 76.6 Å². The number of carbonyl (C=O) groups is 1. The molecule has 0 atom stereocenters. The smallest absolute Gasteiger partial charge is 0.289 e. The van der Waals surface area contributed by atoms with Crippen LogP contribution in [0.2, 0.25) is 0 Å². The van der Waals surface area contributed by atoms with Gasteiger partial charge in [0, 0.05) is 28.9 Å². The molecule has 0 aliphatic heterocycles. The van der Waals surface area contributed by atoms with Crippen molar-refractivity contribution in [3.63, 3.8) is 0 Å². The van der Waals surface area contributed by atoms with E-state index in [-0.39, 0.29) is 5.91 Å². The van der Waals surface area contributed by atoms with Crippen LogP contribution >= 0.6 is 11.3 Å². The Hall–Kier alpha value is -2.99. The van der Waals surface area contributed by atoms with Crippen LogP contribution in [0.25, 0.3) is 11.0 Å². The van der Waals surface area contributed by atoms with E-state index in [1.807, 2.05) is 35.7 Å². The summed E-state index contributed by atoms with van der Waals surface area (Å²) in [6.07, 6.45) is 4.07. The van der Waals surface area contributed by atoms with Gasteiger partial charge in [-0.25, -0.2) is 0 Å². The minimum Gasteiger partial charge on any atom is -0.493 e. The zero-order chi connectivity index (χ0) is 18.6. The molecule has 4 rings (SSSR count). The van der Waals surface area contributed by atoms with Crippen molar-refractivity contribution in [3.8, 4) is 5.75 Å². The molecule has 1 amide bonds. The molecule has 5 nitrogen and oxygen atoms in total. The first-order valence-corrected chi connectivity index (χ1v) is 9.52. The molecule has 0 N–H and O–H groups in total. The van der Waals surface area contributed by atoms with E-state index in [0.717, 1.165) is 17.4 Å². The predicted octanol–water partition coefficient (Wildman–Crippen LogP) is 4.98. The third-order valence-corrected chi connectivity index (χ3v) is 5.32. The van der Waals surface area contributed by atoms with Crippen LogP contribution in [0, 0.1) is 0 Å². The van der Waals surface area contributed by atoms with Gasteiger partial charge in [0.15, 0.2) is 17.1 Å². The molecule has 3 aromatic heterocycles.